The van der Waals surface area contributed by atoms with Crippen LogP contribution in [0.5, 0.6) is 0 Å². The zero-order valence-corrected chi connectivity index (χ0v) is 10.7. The van der Waals surface area contributed by atoms with Crippen LogP contribution in [0, 0.1) is 0 Å². The first-order valence-corrected chi connectivity index (χ1v) is 6.10. The second kappa shape index (κ2) is 6.46. The van der Waals surface area contributed by atoms with Gasteiger partial charge < -0.3 is 15.0 Å². The van der Waals surface area contributed by atoms with Crippen LogP contribution in [-0.2, 0) is 6.54 Å². The first-order valence-electron chi connectivity index (χ1n) is 6.10. The molecule has 104 valence electrons. The van der Waals surface area contributed by atoms with Crippen LogP contribution in [-0.4, -0.2) is 38.1 Å². The number of rotatable bonds is 6. The number of nitrogens with one attached hydrogen (secondary N) is 1. The molecule has 0 bridgehead atoms. The fourth-order valence-electron chi connectivity index (χ4n) is 1.67. The van der Waals surface area contributed by atoms with Gasteiger partial charge in [-0.05, 0) is 18.6 Å². The summed E-state index contributed by atoms with van der Waals surface area (Å²) in [5, 5.41) is 11.5. The van der Waals surface area contributed by atoms with E-state index < -0.39 is 5.97 Å². The first-order chi connectivity index (χ1) is 9.66. The molecule has 0 aromatic carbocycles. The molecule has 0 spiro atoms. The van der Waals surface area contributed by atoms with E-state index in [1.807, 2.05) is 10.8 Å². The van der Waals surface area contributed by atoms with Gasteiger partial charge >= 0.3 is 5.97 Å². The minimum absolute atomic E-state index is 0.143. The quantitative estimate of drug-likeness (QED) is 0.759. The molecule has 7 heteroatoms. The highest BCUT2D eigenvalue weighted by molar-refractivity contribution is 5.96. The SMILES string of the molecule is O=C(NCCCn1ccnc1)c1ccnc(C(=O)O)c1. The monoisotopic (exact) mass is 274 g/mol. The number of aromatic carboxylic acids is 1. The molecule has 0 aliphatic rings. The van der Waals surface area contributed by atoms with Crippen LogP contribution in [0.25, 0.3) is 0 Å². The predicted molar refractivity (Wildman–Crippen MR) is 70.4 cm³/mol. The van der Waals surface area contributed by atoms with E-state index >= 15 is 0 Å². The zero-order chi connectivity index (χ0) is 14.4. The maximum atomic E-state index is 11.8. The molecule has 0 atom stereocenters. The van der Waals surface area contributed by atoms with Crippen molar-refractivity contribution in [3.63, 3.8) is 0 Å². The number of carbonyl (C=O) groups is 2. The Balaban J connectivity index is 1.82. The third kappa shape index (κ3) is 3.64. The summed E-state index contributed by atoms with van der Waals surface area (Å²) in [5.74, 6) is -1.46. The lowest BCUT2D eigenvalue weighted by molar-refractivity contribution is 0.0690. The molecule has 20 heavy (non-hydrogen) atoms. The fourth-order valence-corrected chi connectivity index (χ4v) is 1.67. The molecule has 0 fully saturated rings. The van der Waals surface area contributed by atoms with Gasteiger partial charge in [0.15, 0.2) is 0 Å². The topological polar surface area (TPSA) is 97.1 Å². The molecule has 0 saturated heterocycles. The van der Waals surface area contributed by atoms with E-state index in [9.17, 15) is 9.59 Å². The maximum Gasteiger partial charge on any atom is 0.354 e. The van der Waals surface area contributed by atoms with Crippen molar-refractivity contribution in [2.75, 3.05) is 6.54 Å². The zero-order valence-electron chi connectivity index (χ0n) is 10.7. The van der Waals surface area contributed by atoms with Gasteiger partial charge in [0.2, 0.25) is 0 Å². The summed E-state index contributed by atoms with van der Waals surface area (Å²) in [5.41, 5.74) is 0.149. The van der Waals surface area contributed by atoms with Gasteiger partial charge in [0, 0.05) is 37.2 Å². The number of carboxylic acids is 1. The van der Waals surface area contributed by atoms with Crippen molar-refractivity contribution >= 4 is 11.9 Å². The molecule has 2 aromatic heterocycles. The van der Waals surface area contributed by atoms with Crippen molar-refractivity contribution in [2.45, 2.75) is 13.0 Å². The molecule has 0 saturated carbocycles. The number of carbonyl (C=O) groups excluding carboxylic acids is 1. The third-order valence-electron chi connectivity index (χ3n) is 2.68. The number of nitrogens with zero attached hydrogens (tertiary/aromatic N) is 3. The van der Waals surface area contributed by atoms with Crippen molar-refractivity contribution < 1.29 is 14.7 Å². The Kier molecular flexibility index (Phi) is 4.43. The third-order valence-corrected chi connectivity index (χ3v) is 2.68. The van der Waals surface area contributed by atoms with E-state index in [0.29, 0.717) is 12.1 Å². The summed E-state index contributed by atoms with van der Waals surface area (Å²) in [6.07, 6.45) is 7.33. The molecule has 2 aromatic rings. The lowest BCUT2D eigenvalue weighted by atomic mass is 10.2. The molecule has 0 aliphatic carbocycles. The minimum atomic E-state index is -1.15. The lowest BCUT2D eigenvalue weighted by Crippen LogP contribution is -2.25. The van der Waals surface area contributed by atoms with Gasteiger partial charge in [-0.3, -0.25) is 4.79 Å². The highest BCUT2D eigenvalue weighted by Crippen LogP contribution is 2.02. The van der Waals surface area contributed by atoms with E-state index in [0.717, 1.165) is 13.0 Å². The van der Waals surface area contributed by atoms with Gasteiger partial charge in [0.25, 0.3) is 5.91 Å². The maximum absolute atomic E-state index is 11.8. The Labute approximate surface area is 115 Å². The van der Waals surface area contributed by atoms with Crippen LogP contribution < -0.4 is 5.32 Å². The van der Waals surface area contributed by atoms with Crippen LogP contribution in [0.4, 0.5) is 0 Å². The molecular formula is C13H14N4O3. The Morgan fingerprint density at radius 2 is 2.20 bits per heavy atom. The van der Waals surface area contributed by atoms with Gasteiger partial charge in [-0.1, -0.05) is 0 Å². The van der Waals surface area contributed by atoms with E-state index in [1.54, 1.807) is 12.5 Å². The largest absolute Gasteiger partial charge is 0.477 e. The van der Waals surface area contributed by atoms with Crippen molar-refractivity contribution in [3.8, 4) is 0 Å². The Hall–Kier alpha value is -2.70. The second-order valence-corrected chi connectivity index (χ2v) is 4.14. The Morgan fingerprint density at radius 1 is 1.35 bits per heavy atom. The van der Waals surface area contributed by atoms with Gasteiger partial charge in [0.05, 0.1) is 6.33 Å². The van der Waals surface area contributed by atoms with E-state index in [1.165, 1.54) is 18.3 Å². The summed E-state index contributed by atoms with van der Waals surface area (Å²) in [7, 11) is 0. The average molecular weight is 274 g/mol. The number of hydrogen-bond donors (Lipinski definition) is 2. The second-order valence-electron chi connectivity index (χ2n) is 4.14. The molecule has 7 nitrogen and oxygen atoms in total. The molecule has 2 N–H and O–H groups in total. The Bertz CT molecular complexity index is 595. The van der Waals surface area contributed by atoms with E-state index in [2.05, 4.69) is 15.3 Å². The van der Waals surface area contributed by atoms with Gasteiger partial charge in [-0.15, -0.1) is 0 Å². The number of carboxylic acid groups (broad SMARTS) is 1. The summed E-state index contributed by atoms with van der Waals surface area (Å²) < 4.78 is 1.92. The molecule has 0 radical (unpaired) electrons. The summed E-state index contributed by atoms with van der Waals surface area (Å²) in [6, 6.07) is 2.74. The number of aromatic nitrogens is 3. The Morgan fingerprint density at radius 3 is 2.90 bits per heavy atom. The highest BCUT2D eigenvalue weighted by Gasteiger charge is 2.09. The standard InChI is InChI=1S/C13H14N4O3/c18-12(10-2-4-15-11(8-10)13(19)20)16-3-1-6-17-7-5-14-9-17/h2,4-5,7-9H,1,3,6H2,(H,16,18)(H,19,20). The van der Waals surface area contributed by atoms with Crippen molar-refractivity contribution in [3.05, 3.63) is 48.3 Å². The van der Waals surface area contributed by atoms with Crippen LogP contribution >= 0.6 is 0 Å². The molecule has 1 amide bonds. The minimum Gasteiger partial charge on any atom is -0.477 e. The fraction of sp³-hybridized carbons (Fsp3) is 0.231. The molecule has 0 aliphatic heterocycles. The van der Waals surface area contributed by atoms with Crippen molar-refractivity contribution in [1.29, 1.82) is 0 Å². The van der Waals surface area contributed by atoms with Crippen LogP contribution in [0.15, 0.2) is 37.1 Å². The van der Waals surface area contributed by atoms with Crippen LogP contribution in [0.3, 0.4) is 0 Å². The highest BCUT2D eigenvalue weighted by atomic mass is 16.4. The smallest absolute Gasteiger partial charge is 0.354 e. The summed E-state index contributed by atoms with van der Waals surface area (Å²) in [6.45, 7) is 1.26. The molecule has 2 rings (SSSR count). The molecule has 0 unspecified atom stereocenters. The number of imidazole rings is 1. The summed E-state index contributed by atoms with van der Waals surface area (Å²) in [4.78, 5) is 30.2. The van der Waals surface area contributed by atoms with Gasteiger partial charge in [-0.25, -0.2) is 14.8 Å². The first kappa shape index (κ1) is 13.7. The van der Waals surface area contributed by atoms with Crippen LogP contribution in [0.2, 0.25) is 0 Å². The lowest BCUT2D eigenvalue weighted by Gasteiger charge is -2.06. The predicted octanol–water partition coefficient (Wildman–Crippen LogP) is 0.796. The van der Waals surface area contributed by atoms with Crippen molar-refractivity contribution in [2.24, 2.45) is 0 Å². The van der Waals surface area contributed by atoms with Crippen LogP contribution in [0.1, 0.15) is 27.3 Å². The number of hydrogen-bond acceptors (Lipinski definition) is 4. The van der Waals surface area contributed by atoms with E-state index in [-0.39, 0.29) is 11.6 Å². The van der Waals surface area contributed by atoms with Crippen molar-refractivity contribution in [1.82, 2.24) is 19.9 Å². The number of aryl methyl sites for hydroxylation is 1. The van der Waals surface area contributed by atoms with Gasteiger partial charge in [-0.2, -0.15) is 0 Å². The average Bonchev–Trinajstić information content (AvgIpc) is 2.96. The normalized spacial score (nSPS) is 10.2. The van der Waals surface area contributed by atoms with Gasteiger partial charge in [0.1, 0.15) is 5.69 Å². The van der Waals surface area contributed by atoms with E-state index in [4.69, 9.17) is 5.11 Å². The number of pyridine rings is 1. The number of amides is 1. The molecule has 2 heterocycles. The molecular weight excluding hydrogens is 260 g/mol. The summed E-state index contributed by atoms with van der Waals surface area (Å²) >= 11 is 0.